The molecule has 0 bridgehead atoms. The number of nitrogens with zero attached hydrogens (tertiary/aromatic N) is 1. The highest BCUT2D eigenvalue weighted by molar-refractivity contribution is 6.05. The Balaban J connectivity index is 1.57. The summed E-state index contributed by atoms with van der Waals surface area (Å²) in [7, 11) is 1.56. The van der Waals surface area contributed by atoms with Gasteiger partial charge in [0.05, 0.1) is 12.8 Å². The highest BCUT2D eigenvalue weighted by atomic mass is 16.5. The average Bonchev–Trinajstić information content (AvgIpc) is 2.73. The molecule has 1 saturated heterocycles. The third kappa shape index (κ3) is 5.08. The first-order valence-corrected chi connectivity index (χ1v) is 9.98. The van der Waals surface area contributed by atoms with Gasteiger partial charge in [0, 0.05) is 17.6 Å². The van der Waals surface area contributed by atoms with E-state index in [-0.39, 0.29) is 30.5 Å². The van der Waals surface area contributed by atoms with Crippen LogP contribution in [0.25, 0.3) is 0 Å². The van der Waals surface area contributed by atoms with Crippen LogP contribution in [0.5, 0.6) is 11.5 Å². The van der Waals surface area contributed by atoms with Gasteiger partial charge in [0.1, 0.15) is 11.5 Å². The van der Waals surface area contributed by atoms with E-state index in [1.165, 1.54) is 0 Å². The van der Waals surface area contributed by atoms with Gasteiger partial charge in [-0.3, -0.25) is 9.59 Å². The van der Waals surface area contributed by atoms with Gasteiger partial charge in [-0.2, -0.15) is 0 Å². The normalized spacial score (nSPS) is 18.8. The number of hydrogen-bond donors (Lipinski definition) is 1. The number of ether oxygens (including phenoxy) is 2. The fourth-order valence-electron chi connectivity index (χ4n) is 3.78. The Morgan fingerprint density at radius 1 is 1.03 bits per heavy atom. The molecule has 1 heterocycles. The molecule has 0 aliphatic carbocycles. The first-order valence-electron chi connectivity index (χ1n) is 9.98. The molecule has 2 atom stereocenters. The van der Waals surface area contributed by atoms with E-state index in [1.807, 2.05) is 17.0 Å². The average molecular weight is 396 g/mol. The number of likely N-dealkylation sites (tertiary alicyclic amines) is 1. The molecule has 0 spiro atoms. The molecule has 1 fully saturated rings. The highest BCUT2D eigenvalue weighted by Gasteiger charge is 2.28. The Morgan fingerprint density at radius 2 is 1.69 bits per heavy atom. The number of carbonyl (C=O) groups excluding carboxylic acids is 2. The minimum Gasteiger partial charge on any atom is -0.495 e. The van der Waals surface area contributed by atoms with Crippen molar-refractivity contribution in [3.63, 3.8) is 0 Å². The number of para-hydroxylation sites is 2. The van der Waals surface area contributed by atoms with Crippen molar-refractivity contribution >= 4 is 17.5 Å². The zero-order chi connectivity index (χ0) is 20.8. The Kier molecular flexibility index (Phi) is 6.75. The number of carbonyl (C=O) groups is 2. The second-order valence-electron chi connectivity index (χ2n) is 7.40. The minimum absolute atomic E-state index is 0.00143. The largest absolute Gasteiger partial charge is 0.495 e. The summed E-state index contributed by atoms with van der Waals surface area (Å²) in [6, 6.07) is 14.5. The van der Waals surface area contributed by atoms with Gasteiger partial charge < -0.3 is 19.7 Å². The van der Waals surface area contributed by atoms with Crippen molar-refractivity contribution in [2.24, 2.45) is 0 Å². The van der Waals surface area contributed by atoms with Crippen LogP contribution >= 0.6 is 0 Å². The van der Waals surface area contributed by atoms with Crippen LogP contribution in [-0.4, -0.2) is 42.5 Å². The summed E-state index contributed by atoms with van der Waals surface area (Å²) in [4.78, 5) is 27.0. The van der Waals surface area contributed by atoms with Crippen molar-refractivity contribution in [3.05, 3.63) is 54.1 Å². The van der Waals surface area contributed by atoms with E-state index < -0.39 is 0 Å². The monoisotopic (exact) mass is 396 g/mol. The number of amides is 2. The van der Waals surface area contributed by atoms with Crippen LogP contribution in [0.2, 0.25) is 0 Å². The molecule has 29 heavy (non-hydrogen) atoms. The van der Waals surface area contributed by atoms with Crippen molar-refractivity contribution in [2.75, 3.05) is 19.0 Å². The number of benzene rings is 2. The minimum atomic E-state index is -0.243. The van der Waals surface area contributed by atoms with Gasteiger partial charge in [-0.1, -0.05) is 12.1 Å². The molecule has 2 unspecified atom stereocenters. The van der Waals surface area contributed by atoms with Gasteiger partial charge in [0.25, 0.3) is 11.8 Å². The maximum atomic E-state index is 12.6. The van der Waals surface area contributed by atoms with E-state index in [4.69, 9.17) is 9.47 Å². The number of piperidine rings is 1. The molecule has 6 nitrogen and oxygen atoms in total. The maximum absolute atomic E-state index is 12.6. The van der Waals surface area contributed by atoms with Crippen molar-refractivity contribution in [1.82, 2.24) is 4.90 Å². The molecule has 2 aromatic carbocycles. The summed E-state index contributed by atoms with van der Waals surface area (Å²) in [5.74, 6) is 0.917. The third-order valence-corrected chi connectivity index (χ3v) is 5.32. The van der Waals surface area contributed by atoms with E-state index in [9.17, 15) is 9.59 Å². The lowest BCUT2D eigenvalue weighted by atomic mass is 9.97. The predicted molar refractivity (Wildman–Crippen MR) is 113 cm³/mol. The SMILES string of the molecule is COc1ccccc1NC(=O)c1ccc(OCC(=O)N2C(C)CCCC2C)cc1. The van der Waals surface area contributed by atoms with Crippen LogP contribution in [0.1, 0.15) is 43.5 Å². The lowest BCUT2D eigenvalue weighted by Crippen LogP contribution is -2.49. The molecular formula is C23H28N2O4. The van der Waals surface area contributed by atoms with Gasteiger partial charge >= 0.3 is 0 Å². The quantitative estimate of drug-likeness (QED) is 0.798. The van der Waals surface area contributed by atoms with Crippen LogP contribution < -0.4 is 14.8 Å². The van der Waals surface area contributed by atoms with Crippen molar-refractivity contribution in [3.8, 4) is 11.5 Å². The van der Waals surface area contributed by atoms with Crippen molar-refractivity contribution in [2.45, 2.75) is 45.2 Å². The topological polar surface area (TPSA) is 67.9 Å². The van der Waals surface area contributed by atoms with Gasteiger partial charge in [-0.15, -0.1) is 0 Å². The molecule has 2 aromatic rings. The molecule has 0 saturated carbocycles. The molecule has 0 aromatic heterocycles. The zero-order valence-electron chi connectivity index (χ0n) is 17.2. The maximum Gasteiger partial charge on any atom is 0.260 e. The van der Waals surface area contributed by atoms with Crippen LogP contribution in [0, 0.1) is 0 Å². The summed E-state index contributed by atoms with van der Waals surface area (Å²) in [5, 5.41) is 2.83. The predicted octanol–water partition coefficient (Wildman–Crippen LogP) is 4.12. The number of nitrogens with one attached hydrogen (secondary N) is 1. The molecule has 3 rings (SSSR count). The zero-order valence-corrected chi connectivity index (χ0v) is 17.2. The van der Waals surface area contributed by atoms with Crippen LogP contribution in [0.4, 0.5) is 5.69 Å². The third-order valence-electron chi connectivity index (χ3n) is 5.32. The molecule has 2 amide bonds. The smallest absolute Gasteiger partial charge is 0.260 e. The van der Waals surface area contributed by atoms with Crippen molar-refractivity contribution < 1.29 is 19.1 Å². The van der Waals surface area contributed by atoms with E-state index >= 15 is 0 Å². The standard InChI is InChI=1S/C23H28N2O4/c1-16-7-6-8-17(2)25(16)22(26)15-29-19-13-11-18(12-14-19)23(27)24-20-9-4-5-10-21(20)28-3/h4-5,9-14,16-17H,6-8,15H2,1-3H3,(H,24,27). The summed E-state index contributed by atoms with van der Waals surface area (Å²) >= 11 is 0. The summed E-state index contributed by atoms with van der Waals surface area (Å²) in [6.07, 6.45) is 3.23. The first-order chi connectivity index (χ1) is 14.0. The Bertz CT molecular complexity index is 840. The van der Waals surface area contributed by atoms with Gasteiger partial charge in [-0.25, -0.2) is 0 Å². The van der Waals surface area contributed by atoms with Crippen LogP contribution in [-0.2, 0) is 4.79 Å². The lowest BCUT2D eigenvalue weighted by molar-refractivity contribution is -0.139. The van der Waals surface area contributed by atoms with E-state index in [1.54, 1.807) is 43.5 Å². The number of methoxy groups -OCH3 is 1. The molecule has 1 N–H and O–H groups in total. The van der Waals surface area contributed by atoms with Gasteiger partial charge in [0.2, 0.25) is 0 Å². The second-order valence-corrected chi connectivity index (χ2v) is 7.40. The molecule has 1 aliphatic rings. The second kappa shape index (κ2) is 9.45. The Labute approximate surface area is 171 Å². The molecule has 1 aliphatic heterocycles. The number of anilines is 1. The molecular weight excluding hydrogens is 368 g/mol. The Morgan fingerprint density at radius 3 is 2.34 bits per heavy atom. The summed E-state index contributed by atoms with van der Waals surface area (Å²) in [5.41, 5.74) is 1.10. The highest BCUT2D eigenvalue weighted by Crippen LogP contribution is 2.25. The van der Waals surface area contributed by atoms with Crippen LogP contribution in [0.15, 0.2) is 48.5 Å². The molecule has 154 valence electrons. The number of hydrogen-bond acceptors (Lipinski definition) is 4. The first kappa shape index (κ1) is 20.7. The van der Waals surface area contributed by atoms with Gasteiger partial charge in [-0.05, 0) is 69.5 Å². The molecule has 0 radical (unpaired) electrons. The summed E-state index contributed by atoms with van der Waals surface area (Å²) in [6.45, 7) is 4.17. The lowest BCUT2D eigenvalue weighted by Gasteiger charge is -2.38. The van der Waals surface area contributed by atoms with E-state index in [2.05, 4.69) is 19.2 Å². The fourth-order valence-corrected chi connectivity index (χ4v) is 3.78. The molecule has 6 heteroatoms. The summed E-state index contributed by atoms with van der Waals surface area (Å²) < 4.78 is 10.9. The fraction of sp³-hybridized carbons (Fsp3) is 0.391. The number of rotatable bonds is 6. The Hall–Kier alpha value is -3.02. The van der Waals surface area contributed by atoms with Gasteiger partial charge in [0.15, 0.2) is 6.61 Å². The van der Waals surface area contributed by atoms with Crippen molar-refractivity contribution in [1.29, 1.82) is 0 Å². The van der Waals surface area contributed by atoms with E-state index in [0.29, 0.717) is 22.7 Å². The van der Waals surface area contributed by atoms with Crippen LogP contribution in [0.3, 0.4) is 0 Å². The van der Waals surface area contributed by atoms with E-state index in [0.717, 1.165) is 19.3 Å².